The van der Waals surface area contributed by atoms with Crippen LogP contribution in [0.15, 0.2) is 0 Å². The maximum Gasteiger partial charge on any atom is 0.176 e. The quantitative estimate of drug-likeness (QED) is 0.722. The van der Waals surface area contributed by atoms with Crippen LogP contribution in [0.3, 0.4) is 0 Å². The molecule has 0 amide bonds. The fraction of sp³-hybridized carbons (Fsp3) is 0.727. The molecule has 1 saturated carbocycles. The van der Waals surface area contributed by atoms with Crippen LogP contribution < -0.4 is 0 Å². The number of hydrogen-bond donors (Lipinski definition) is 0. The van der Waals surface area contributed by atoms with Crippen molar-refractivity contribution < 1.29 is 4.79 Å². The lowest BCUT2D eigenvalue weighted by molar-refractivity contribution is 0.0980. The molecular weight excluding hydrogens is 208 g/mol. The molecule has 2 rings (SSSR count). The largest absolute Gasteiger partial charge is 0.293 e. The van der Waals surface area contributed by atoms with Gasteiger partial charge in [0.15, 0.2) is 5.78 Å². The van der Waals surface area contributed by atoms with Gasteiger partial charge in [0.1, 0.15) is 4.88 Å². The highest BCUT2D eigenvalue weighted by molar-refractivity contribution is 7.08. The van der Waals surface area contributed by atoms with Gasteiger partial charge in [-0.3, -0.25) is 4.79 Å². The zero-order valence-corrected chi connectivity index (χ0v) is 10.0. The predicted octanol–water partition coefficient (Wildman–Crippen LogP) is 3.03. The fourth-order valence-electron chi connectivity index (χ4n) is 1.62. The Morgan fingerprint density at radius 1 is 1.53 bits per heavy atom. The lowest BCUT2D eigenvalue weighted by Gasteiger charge is -2.02. The Hall–Kier alpha value is -0.770. The average molecular weight is 224 g/mol. The van der Waals surface area contributed by atoms with Gasteiger partial charge in [-0.15, -0.1) is 5.10 Å². The summed E-state index contributed by atoms with van der Waals surface area (Å²) < 4.78 is 3.88. The summed E-state index contributed by atoms with van der Waals surface area (Å²) in [5, 5.41) is 4.03. The van der Waals surface area contributed by atoms with E-state index in [0.29, 0.717) is 12.3 Å². The number of Topliss-reactive ketones (excluding diaryl/α,β-unsaturated/α-hetero) is 1. The van der Waals surface area contributed by atoms with Crippen molar-refractivity contribution in [3.8, 4) is 0 Å². The number of hydrogen-bond acceptors (Lipinski definition) is 4. The third-order valence-electron chi connectivity index (χ3n) is 2.79. The molecule has 0 unspecified atom stereocenters. The fourth-order valence-corrected chi connectivity index (χ4v) is 2.41. The number of ketones is 1. The number of aromatic nitrogens is 2. The van der Waals surface area contributed by atoms with Gasteiger partial charge >= 0.3 is 0 Å². The molecule has 0 aromatic carbocycles. The zero-order chi connectivity index (χ0) is 10.8. The van der Waals surface area contributed by atoms with Crippen molar-refractivity contribution in [2.45, 2.75) is 45.4 Å². The summed E-state index contributed by atoms with van der Waals surface area (Å²) in [6.45, 7) is 4.10. The average Bonchev–Trinajstić information content (AvgIpc) is 2.88. The van der Waals surface area contributed by atoms with Gasteiger partial charge in [0, 0.05) is 6.42 Å². The van der Waals surface area contributed by atoms with E-state index >= 15 is 0 Å². The van der Waals surface area contributed by atoms with E-state index in [1.807, 2.05) is 0 Å². The molecule has 1 heterocycles. The summed E-state index contributed by atoms with van der Waals surface area (Å²) in [7, 11) is 0. The Kier molecular flexibility index (Phi) is 3.14. The molecule has 1 aliphatic carbocycles. The predicted molar refractivity (Wildman–Crippen MR) is 60.3 cm³/mol. The van der Waals surface area contributed by atoms with Gasteiger partial charge in [-0.2, -0.15) is 0 Å². The molecule has 15 heavy (non-hydrogen) atoms. The van der Waals surface area contributed by atoms with Crippen LogP contribution in [0.25, 0.3) is 0 Å². The molecule has 1 fully saturated rings. The molecule has 0 saturated heterocycles. The van der Waals surface area contributed by atoms with E-state index in [9.17, 15) is 4.79 Å². The molecule has 0 atom stereocenters. The van der Waals surface area contributed by atoms with Crippen LogP contribution in [0.2, 0.25) is 0 Å². The second-order valence-corrected chi connectivity index (χ2v) is 5.30. The summed E-state index contributed by atoms with van der Waals surface area (Å²) in [4.78, 5) is 12.7. The molecule has 1 aromatic heterocycles. The van der Waals surface area contributed by atoms with Crippen molar-refractivity contribution in [1.82, 2.24) is 9.59 Å². The molecule has 0 radical (unpaired) electrons. The lowest BCUT2D eigenvalue weighted by atomic mass is 10.0. The van der Waals surface area contributed by atoms with Gasteiger partial charge in [0.25, 0.3) is 0 Å². The third-order valence-corrected chi connectivity index (χ3v) is 3.57. The Bertz CT molecular complexity index is 355. The van der Waals surface area contributed by atoms with Crippen LogP contribution in [0.4, 0.5) is 0 Å². The summed E-state index contributed by atoms with van der Waals surface area (Å²) in [5.41, 5.74) is 0.876. The Morgan fingerprint density at radius 3 is 2.87 bits per heavy atom. The van der Waals surface area contributed by atoms with E-state index < -0.39 is 0 Å². The monoisotopic (exact) mass is 224 g/mol. The molecule has 0 bridgehead atoms. The van der Waals surface area contributed by atoms with Crippen molar-refractivity contribution in [2.75, 3.05) is 0 Å². The first-order valence-electron chi connectivity index (χ1n) is 5.54. The van der Waals surface area contributed by atoms with Crippen LogP contribution >= 0.6 is 11.5 Å². The van der Waals surface area contributed by atoms with Gasteiger partial charge in [0.2, 0.25) is 0 Å². The molecule has 82 valence electrons. The van der Waals surface area contributed by atoms with Gasteiger partial charge in [-0.05, 0) is 29.8 Å². The number of carbonyl (C=O) groups excluding carboxylic acids is 1. The van der Waals surface area contributed by atoms with Crippen LogP contribution in [0.5, 0.6) is 0 Å². The van der Waals surface area contributed by atoms with Crippen LogP contribution in [-0.2, 0) is 0 Å². The summed E-state index contributed by atoms with van der Waals surface area (Å²) in [6, 6.07) is 0. The molecule has 1 aromatic rings. The highest BCUT2D eigenvalue weighted by Crippen LogP contribution is 2.34. The van der Waals surface area contributed by atoms with Gasteiger partial charge in [-0.1, -0.05) is 31.2 Å². The molecule has 0 N–H and O–H groups in total. The Labute approximate surface area is 94.1 Å². The lowest BCUT2D eigenvalue weighted by Crippen LogP contribution is -2.02. The van der Waals surface area contributed by atoms with Crippen LogP contribution in [0, 0.1) is 5.92 Å². The van der Waals surface area contributed by atoms with Crippen molar-refractivity contribution in [2.24, 2.45) is 5.92 Å². The van der Waals surface area contributed by atoms with E-state index in [1.54, 1.807) is 0 Å². The summed E-state index contributed by atoms with van der Waals surface area (Å²) in [5.74, 6) is 1.35. The van der Waals surface area contributed by atoms with Gasteiger partial charge < -0.3 is 0 Å². The summed E-state index contributed by atoms with van der Waals surface area (Å²) in [6.07, 6.45) is 4.35. The minimum Gasteiger partial charge on any atom is -0.293 e. The maximum atomic E-state index is 11.9. The van der Waals surface area contributed by atoms with E-state index in [1.165, 1.54) is 24.4 Å². The van der Waals surface area contributed by atoms with Crippen LogP contribution in [-0.4, -0.2) is 15.4 Å². The molecule has 4 heteroatoms. The van der Waals surface area contributed by atoms with Gasteiger partial charge in [-0.25, -0.2) is 0 Å². The second-order valence-electron chi connectivity index (χ2n) is 4.55. The normalized spacial score (nSPS) is 15.9. The first-order valence-corrected chi connectivity index (χ1v) is 6.31. The summed E-state index contributed by atoms with van der Waals surface area (Å²) >= 11 is 1.25. The highest BCUT2D eigenvalue weighted by atomic mass is 32.1. The first-order chi connectivity index (χ1) is 7.18. The first kappa shape index (κ1) is 10.7. The number of nitrogens with zero attached hydrogens (tertiary/aromatic N) is 2. The minimum absolute atomic E-state index is 0.237. The molecule has 0 aliphatic heterocycles. The zero-order valence-electron chi connectivity index (χ0n) is 9.19. The van der Waals surface area contributed by atoms with Crippen molar-refractivity contribution in [3.63, 3.8) is 0 Å². The Balaban J connectivity index is 1.99. The SMILES string of the molecule is CC(C)c1nnsc1C(=O)CCC1CC1. The van der Waals surface area contributed by atoms with Crippen LogP contribution in [0.1, 0.15) is 60.8 Å². The minimum atomic E-state index is 0.237. The molecule has 0 spiro atoms. The standard InChI is InChI=1S/C11H16N2OS/c1-7(2)10-11(15-13-12-10)9(14)6-5-8-3-4-8/h7-8H,3-6H2,1-2H3. The van der Waals surface area contributed by atoms with E-state index in [4.69, 9.17) is 0 Å². The highest BCUT2D eigenvalue weighted by Gasteiger charge is 2.24. The van der Waals surface area contributed by atoms with E-state index in [-0.39, 0.29) is 5.78 Å². The van der Waals surface area contributed by atoms with Crippen molar-refractivity contribution in [1.29, 1.82) is 0 Å². The topological polar surface area (TPSA) is 42.9 Å². The smallest absolute Gasteiger partial charge is 0.176 e. The van der Waals surface area contributed by atoms with Crippen molar-refractivity contribution >= 4 is 17.3 Å². The third kappa shape index (κ3) is 2.62. The number of carbonyl (C=O) groups is 1. The second kappa shape index (κ2) is 4.39. The number of rotatable bonds is 5. The molecule has 1 aliphatic rings. The van der Waals surface area contributed by atoms with Gasteiger partial charge in [0.05, 0.1) is 5.69 Å². The molecule has 3 nitrogen and oxygen atoms in total. The van der Waals surface area contributed by atoms with Crippen molar-refractivity contribution in [3.05, 3.63) is 10.6 Å². The Morgan fingerprint density at radius 2 is 2.27 bits per heavy atom. The molecular formula is C11H16N2OS. The maximum absolute atomic E-state index is 11.9. The van der Waals surface area contributed by atoms with E-state index in [2.05, 4.69) is 23.4 Å². The van der Waals surface area contributed by atoms with E-state index in [0.717, 1.165) is 22.9 Å².